The summed E-state index contributed by atoms with van der Waals surface area (Å²) in [4.78, 5) is 31.7. The number of benzene rings is 1. The first kappa shape index (κ1) is 27.0. The van der Waals surface area contributed by atoms with Crippen molar-refractivity contribution in [3.63, 3.8) is 0 Å². The Kier molecular flexibility index (Phi) is 11.5. The molecule has 33 heavy (non-hydrogen) atoms. The van der Waals surface area contributed by atoms with Crippen LogP contribution in [-0.2, 0) is 22.6 Å². The van der Waals surface area contributed by atoms with Crippen LogP contribution in [0.5, 0.6) is 11.5 Å². The number of carbonyl (C=O) groups is 2. The van der Waals surface area contributed by atoms with Crippen molar-refractivity contribution >= 4 is 34.8 Å². The Morgan fingerprint density at radius 2 is 1.76 bits per heavy atom. The first-order valence-corrected chi connectivity index (χ1v) is 12.6. The van der Waals surface area contributed by atoms with Gasteiger partial charge in [-0.1, -0.05) is 19.4 Å². The second-order valence-electron chi connectivity index (χ2n) is 7.87. The molecular weight excluding hydrogens is 460 g/mol. The number of nitrogens with zero attached hydrogens (tertiary/aromatic N) is 2. The highest BCUT2D eigenvalue weighted by Gasteiger charge is 2.21. The van der Waals surface area contributed by atoms with E-state index in [-0.39, 0.29) is 30.7 Å². The zero-order valence-electron chi connectivity index (χ0n) is 20.1. The van der Waals surface area contributed by atoms with Crippen molar-refractivity contribution in [1.29, 1.82) is 0 Å². The number of halogens is 1. The molecule has 182 valence electrons. The number of ether oxygens (including phenoxy) is 2. The summed E-state index contributed by atoms with van der Waals surface area (Å²) in [5, 5.41) is 0. The SMILES string of the molecule is CCCCN(CC(=O)N(CCc1ccc(OC)c(OC)c1)Cc1ccc(C)s1)C(=O)CCCl. The van der Waals surface area contributed by atoms with Gasteiger partial charge in [-0.25, -0.2) is 0 Å². The van der Waals surface area contributed by atoms with Crippen LogP contribution in [0.1, 0.15) is 41.5 Å². The van der Waals surface area contributed by atoms with Gasteiger partial charge in [-0.2, -0.15) is 0 Å². The number of carbonyl (C=O) groups excluding carboxylic acids is 2. The molecule has 2 amide bonds. The number of unbranched alkanes of at least 4 members (excludes halogenated alkanes) is 1. The van der Waals surface area contributed by atoms with Crippen LogP contribution < -0.4 is 9.47 Å². The van der Waals surface area contributed by atoms with Crippen molar-refractivity contribution in [3.05, 3.63) is 45.6 Å². The van der Waals surface area contributed by atoms with Gasteiger partial charge < -0.3 is 19.3 Å². The third-order valence-electron chi connectivity index (χ3n) is 5.38. The van der Waals surface area contributed by atoms with Crippen molar-refractivity contribution in [3.8, 4) is 11.5 Å². The summed E-state index contributed by atoms with van der Waals surface area (Å²) in [6, 6.07) is 9.92. The Morgan fingerprint density at radius 1 is 1.00 bits per heavy atom. The molecule has 0 saturated heterocycles. The Hall–Kier alpha value is -2.25. The lowest BCUT2D eigenvalue weighted by atomic mass is 10.1. The average Bonchev–Trinajstić information content (AvgIpc) is 3.23. The van der Waals surface area contributed by atoms with Crippen molar-refractivity contribution < 1.29 is 19.1 Å². The molecule has 8 heteroatoms. The third-order valence-corrected chi connectivity index (χ3v) is 6.56. The minimum absolute atomic E-state index is 0.0550. The maximum atomic E-state index is 13.3. The first-order chi connectivity index (χ1) is 15.9. The lowest BCUT2D eigenvalue weighted by Gasteiger charge is -2.27. The summed E-state index contributed by atoms with van der Waals surface area (Å²) in [5.74, 6) is 1.47. The van der Waals surface area contributed by atoms with E-state index < -0.39 is 0 Å². The maximum Gasteiger partial charge on any atom is 0.242 e. The van der Waals surface area contributed by atoms with Crippen molar-refractivity contribution in [2.45, 2.75) is 46.1 Å². The minimum Gasteiger partial charge on any atom is -0.493 e. The van der Waals surface area contributed by atoms with E-state index in [0.29, 0.717) is 37.6 Å². The maximum absolute atomic E-state index is 13.3. The number of aryl methyl sites for hydroxylation is 1. The van der Waals surface area contributed by atoms with E-state index in [0.717, 1.165) is 23.3 Å². The molecule has 6 nitrogen and oxygen atoms in total. The molecule has 0 saturated carbocycles. The second kappa shape index (κ2) is 14.1. The number of amides is 2. The molecule has 0 unspecified atom stereocenters. The predicted molar refractivity (Wildman–Crippen MR) is 135 cm³/mol. The molecule has 2 aromatic rings. The van der Waals surface area contributed by atoms with Gasteiger partial charge >= 0.3 is 0 Å². The van der Waals surface area contributed by atoms with Crippen LogP contribution in [0.3, 0.4) is 0 Å². The smallest absolute Gasteiger partial charge is 0.242 e. The van der Waals surface area contributed by atoms with Gasteiger partial charge in [0.1, 0.15) is 0 Å². The van der Waals surface area contributed by atoms with Crippen LogP contribution in [0.15, 0.2) is 30.3 Å². The fraction of sp³-hybridized carbons (Fsp3) is 0.520. The number of hydrogen-bond acceptors (Lipinski definition) is 5. The van der Waals surface area contributed by atoms with E-state index in [1.165, 1.54) is 4.88 Å². The van der Waals surface area contributed by atoms with E-state index in [4.69, 9.17) is 21.1 Å². The zero-order valence-corrected chi connectivity index (χ0v) is 21.6. The largest absolute Gasteiger partial charge is 0.493 e. The number of rotatable bonds is 14. The van der Waals surface area contributed by atoms with Crippen LogP contribution in [0.25, 0.3) is 0 Å². The molecule has 1 heterocycles. The van der Waals surface area contributed by atoms with Crippen LogP contribution in [-0.4, -0.2) is 61.3 Å². The summed E-state index contributed by atoms with van der Waals surface area (Å²) in [6.07, 6.45) is 2.72. The van der Waals surface area contributed by atoms with Crippen LogP contribution in [0.4, 0.5) is 0 Å². The fourth-order valence-electron chi connectivity index (χ4n) is 3.49. The van der Waals surface area contributed by atoms with E-state index in [1.807, 2.05) is 23.1 Å². The van der Waals surface area contributed by atoms with Crippen LogP contribution in [0.2, 0.25) is 0 Å². The molecule has 0 spiro atoms. The Bertz CT molecular complexity index is 902. The third kappa shape index (κ3) is 8.55. The average molecular weight is 495 g/mol. The number of methoxy groups -OCH3 is 2. The highest BCUT2D eigenvalue weighted by molar-refractivity contribution is 7.11. The standard InChI is InChI=1S/C25H35ClN2O4S/c1-5-6-14-27(24(29)11-13-26)18-25(30)28(17-21-9-7-19(2)33-21)15-12-20-8-10-22(31-3)23(16-20)32-4/h7-10,16H,5-6,11-15,17-18H2,1-4H3. The van der Waals surface area contributed by atoms with Gasteiger partial charge in [0.15, 0.2) is 11.5 Å². The summed E-state index contributed by atoms with van der Waals surface area (Å²) in [5.41, 5.74) is 1.05. The normalized spacial score (nSPS) is 10.7. The lowest BCUT2D eigenvalue weighted by molar-refractivity contribution is -0.140. The van der Waals surface area contributed by atoms with Crippen molar-refractivity contribution in [2.75, 3.05) is 39.7 Å². The quantitative estimate of drug-likeness (QED) is 0.350. The molecule has 0 N–H and O–H groups in total. The van der Waals surface area contributed by atoms with Gasteiger partial charge in [0.05, 0.1) is 27.3 Å². The molecule has 0 fully saturated rings. The highest BCUT2D eigenvalue weighted by Crippen LogP contribution is 2.28. The Labute approximate surface area is 206 Å². The van der Waals surface area contributed by atoms with E-state index in [2.05, 4.69) is 26.0 Å². The molecule has 0 bridgehead atoms. The fourth-order valence-corrected chi connectivity index (χ4v) is 4.56. The summed E-state index contributed by atoms with van der Waals surface area (Å²) in [7, 11) is 3.22. The van der Waals surface area contributed by atoms with Crippen LogP contribution in [0, 0.1) is 6.92 Å². The molecule has 0 aliphatic rings. The Morgan fingerprint density at radius 3 is 2.36 bits per heavy atom. The number of alkyl halides is 1. The van der Waals surface area contributed by atoms with Gasteiger partial charge in [0.25, 0.3) is 0 Å². The Balaban J connectivity index is 2.16. The van der Waals surface area contributed by atoms with Crippen molar-refractivity contribution in [1.82, 2.24) is 9.80 Å². The first-order valence-electron chi connectivity index (χ1n) is 11.3. The molecule has 1 aromatic carbocycles. The van der Waals surface area contributed by atoms with Gasteiger partial charge in [-0.15, -0.1) is 22.9 Å². The molecule has 1 aromatic heterocycles. The molecule has 2 rings (SSSR count). The van der Waals surface area contributed by atoms with Crippen molar-refractivity contribution in [2.24, 2.45) is 0 Å². The molecular formula is C25H35ClN2O4S. The molecule has 0 atom stereocenters. The van der Waals surface area contributed by atoms with Crippen LogP contribution >= 0.6 is 22.9 Å². The summed E-state index contributed by atoms with van der Waals surface area (Å²) < 4.78 is 10.7. The van der Waals surface area contributed by atoms with E-state index >= 15 is 0 Å². The summed E-state index contributed by atoms with van der Waals surface area (Å²) in [6.45, 7) is 5.83. The van der Waals surface area contributed by atoms with Gasteiger partial charge in [-0.3, -0.25) is 9.59 Å². The van der Waals surface area contributed by atoms with Gasteiger partial charge in [0.2, 0.25) is 11.8 Å². The van der Waals surface area contributed by atoms with E-state index in [1.54, 1.807) is 30.5 Å². The minimum atomic E-state index is -0.0707. The highest BCUT2D eigenvalue weighted by atomic mass is 35.5. The predicted octanol–water partition coefficient (Wildman–Crippen LogP) is 4.90. The monoisotopic (exact) mass is 494 g/mol. The lowest BCUT2D eigenvalue weighted by Crippen LogP contribution is -2.43. The number of hydrogen-bond donors (Lipinski definition) is 0. The second-order valence-corrected chi connectivity index (χ2v) is 9.63. The van der Waals surface area contributed by atoms with Gasteiger partial charge in [-0.05, 0) is 49.6 Å². The zero-order chi connectivity index (χ0) is 24.2. The summed E-state index contributed by atoms with van der Waals surface area (Å²) >= 11 is 7.47. The molecule has 0 aliphatic carbocycles. The topological polar surface area (TPSA) is 59.1 Å². The van der Waals surface area contributed by atoms with Gasteiger partial charge in [0, 0.05) is 35.1 Å². The molecule has 0 radical (unpaired) electrons. The molecule has 0 aliphatic heterocycles. The van der Waals surface area contributed by atoms with E-state index in [9.17, 15) is 9.59 Å². The number of thiophene rings is 1.